The fourth-order valence-electron chi connectivity index (χ4n) is 5.72. The van der Waals surface area contributed by atoms with Gasteiger partial charge in [-0.25, -0.2) is 14.3 Å². The number of hydrogen-bond acceptors (Lipinski definition) is 10. The van der Waals surface area contributed by atoms with Crippen molar-refractivity contribution in [3.05, 3.63) is 41.9 Å². The van der Waals surface area contributed by atoms with Gasteiger partial charge in [0.15, 0.2) is 5.69 Å². The first-order valence-electron chi connectivity index (χ1n) is 16.5. The van der Waals surface area contributed by atoms with Gasteiger partial charge in [0, 0.05) is 30.3 Å². The predicted molar refractivity (Wildman–Crippen MR) is 180 cm³/mol. The molecule has 50 heavy (non-hydrogen) atoms. The number of alkyl halides is 3. The van der Waals surface area contributed by atoms with Crippen LogP contribution < -0.4 is 10.6 Å². The minimum atomic E-state index is -4.46. The molecule has 1 fully saturated rings. The molecule has 3 heterocycles. The van der Waals surface area contributed by atoms with Gasteiger partial charge in [0.25, 0.3) is 0 Å². The number of alkyl carbamates (subject to hydrolysis) is 1. The second-order valence-electron chi connectivity index (χ2n) is 13.0. The molecular formula is C34H46F3N7O6. The van der Waals surface area contributed by atoms with Crippen molar-refractivity contribution in [2.75, 3.05) is 65.5 Å². The number of aromatic nitrogens is 4. The number of piperidine rings is 1. The van der Waals surface area contributed by atoms with Gasteiger partial charge in [0.1, 0.15) is 12.1 Å². The Labute approximate surface area is 289 Å². The van der Waals surface area contributed by atoms with Crippen molar-refractivity contribution in [2.45, 2.75) is 64.5 Å². The third-order valence-electron chi connectivity index (χ3n) is 7.96. The Bertz CT molecular complexity index is 1640. The quantitative estimate of drug-likeness (QED) is 0.142. The van der Waals surface area contributed by atoms with E-state index in [0.29, 0.717) is 43.9 Å². The zero-order chi connectivity index (χ0) is 36.3. The molecule has 2 unspecified atom stereocenters. The lowest BCUT2D eigenvalue weighted by Gasteiger charge is -2.38. The Morgan fingerprint density at radius 3 is 2.58 bits per heavy atom. The summed E-state index contributed by atoms with van der Waals surface area (Å²) >= 11 is 0. The number of nitrogens with one attached hydrogen (secondary N) is 2. The Kier molecular flexibility index (Phi) is 13.5. The second-order valence-corrected chi connectivity index (χ2v) is 13.0. The van der Waals surface area contributed by atoms with Crippen molar-refractivity contribution in [3.8, 4) is 11.8 Å². The molecule has 0 radical (unpaired) electrons. The molecule has 16 heteroatoms. The minimum absolute atomic E-state index is 0.0712. The lowest BCUT2D eigenvalue weighted by molar-refractivity contribution is -0.140. The molecule has 1 saturated heterocycles. The van der Waals surface area contributed by atoms with Gasteiger partial charge >= 0.3 is 18.2 Å². The van der Waals surface area contributed by atoms with E-state index in [4.69, 9.17) is 18.9 Å². The average molecular weight is 706 g/mol. The summed E-state index contributed by atoms with van der Waals surface area (Å²) in [6.07, 6.45) is -2.15. The summed E-state index contributed by atoms with van der Waals surface area (Å²) in [7, 11) is 3.36. The number of halogens is 3. The maximum Gasteiger partial charge on any atom is 0.408 e. The molecule has 2 aromatic heterocycles. The first kappa shape index (κ1) is 38.5. The van der Waals surface area contributed by atoms with Crippen molar-refractivity contribution in [1.82, 2.24) is 29.8 Å². The molecular weight excluding hydrogens is 659 g/mol. The number of anilines is 1. The van der Waals surface area contributed by atoms with E-state index in [-0.39, 0.29) is 29.9 Å². The molecule has 274 valence electrons. The Balaban J connectivity index is 1.35. The van der Waals surface area contributed by atoms with Crippen LogP contribution in [0, 0.1) is 17.8 Å². The average Bonchev–Trinajstić information content (AvgIpc) is 3.65. The lowest BCUT2D eigenvalue weighted by atomic mass is 9.89. The molecule has 1 amide bonds. The summed E-state index contributed by atoms with van der Waals surface area (Å²) in [6, 6.07) is 7.00. The number of hydrogen-bond donors (Lipinski definition) is 2. The van der Waals surface area contributed by atoms with Crippen molar-refractivity contribution in [2.24, 2.45) is 5.92 Å². The molecule has 3 aromatic rings. The SMILES string of the molecule is COC(=O)c1cnnn1CCOCCOCCC1CN(C)CCC1Nc1cccc2c1cc(C#CCNC(=O)OC(C)(C)C)n2CC(F)(F)F. The van der Waals surface area contributed by atoms with Crippen molar-refractivity contribution in [3.63, 3.8) is 0 Å². The first-order chi connectivity index (χ1) is 23.7. The summed E-state index contributed by atoms with van der Waals surface area (Å²) in [6.45, 7) is 7.57. The molecule has 0 bridgehead atoms. The highest BCUT2D eigenvalue weighted by atomic mass is 19.4. The van der Waals surface area contributed by atoms with Crippen LogP contribution in [0.5, 0.6) is 0 Å². The van der Waals surface area contributed by atoms with Crippen LogP contribution in [0.15, 0.2) is 30.5 Å². The number of likely N-dealkylation sites (tertiary alicyclic amines) is 1. The van der Waals surface area contributed by atoms with Crippen LogP contribution in [0.2, 0.25) is 0 Å². The number of nitrogens with zero attached hydrogens (tertiary/aromatic N) is 5. The van der Waals surface area contributed by atoms with E-state index in [9.17, 15) is 22.8 Å². The Morgan fingerprint density at radius 2 is 1.86 bits per heavy atom. The molecule has 1 aliphatic rings. The van der Waals surface area contributed by atoms with Crippen LogP contribution in [0.1, 0.15) is 49.8 Å². The van der Waals surface area contributed by atoms with E-state index in [2.05, 4.69) is 44.7 Å². The highest BCUT2D eigenvalue weighted by Crippen LogP contribution is 2.32. The largest absolute Gasteiger partial charge is 0.464 e. The van der Waals surface area contributed by atoms with Crippen LogP contribution in [-0.2, 0) is 32.0 Å². The van der Waals surface area contributed by atoms with E-state index < -0.39 is 30.4 Å². The monoisotopic (exact) mass is 705 g/mol. The summed E-state index contributed by atoms with van der Waals surface area (Å²) < 4.78 is 65.0. The number of rotatable bonds is 14. The third-order valence-corrected chi connectivity index (χ3v) is 7.96. The van der Waals surface area contributed by atoms with Gasteiger partial charge in [-0.15, -0.1) is 5.10 Å². The molecule has 0 spiro atoms. The maximum atomic E-state index is 13.7. The van der Waals surface area contributed by atoms with Crippen LogP contribution in [0.3, 0.4) is 0 Å². The normalized spacial score (nSPS) is 16.9. The van der Waals surface area contributed by atoms with E-state index in [0.717, 1.165) is 36.2 Å². The fourth-order valence-corrected chi connectivity index (χ4v) is 5.72. The smallest absolute Gasteiger partial charge is 0.408 e. The summed E-state index contributed by atoms with van der Waals surface area (Å²) in [4.78, 5) is 26.0. The maximum absolute atomic E-state index is 13.7. The number of fused-ring (bicyclic) bond motifs is 1. The molecule has 0 saturated carbocycles. The molecule has 2 atom stereocenters. The number of ether oxygens (including phenoxy) is 4. The highest BCUT2D eigenvalue weighted by molar-refractivity contribution is 5.94. The standard InChI is InChI=1S/C34H46F3N7O6/c1-33(2,3)50-32(46)38-13-7-8-25-20-26-28(9-6-10-29(26)43(25)23-34(35,36)37)40-27-11-14-42(4)22-24(27)12-16-48-18-19-49-17-15-44-30(21-39-41-44)31(45)47-5/h6,9-10,20-21,24,27,40H,11-19,22-23H2,1-5H3,(H,38,46). The van der Waals surface area contributed by atoms with Crippen molar-refractivity contribution < 1.29 is 41.7 Å². The van der Waals surface area contributed by atoms with E-state index >= 15 is 0 Å². The summed E-state index contributed by atoms with van der Waals surface area (Å²) in [5, 5.41) is 14.4. The Morgan fingerprint density at radius 1 is 1.10 bits per heavy atom. The number of benzene rings is 1. The lowest BCUT2D eigenvalue weighted by Crippen LogP contribution is -2.45. The summed E-state index contributed by atoms with van der Waals surface area (Å²) in [5.74, 6) is 5.28. The van der Waals surface area contributed by atoms with E-state index in [1.165, 1.54) is 18.0 Å². The predicted octanol–water partition coefficient (Wildman–Crippen LogP) is 4.31. The van der Waals surface area contributed by atoms with Crippen molar-refractivity contribution in [1.29, 1.82) is 0 Å². The molecule has 4 rings (SSSR count). The molecule has 0 aliphatic carbocycles. The fraction of sp³-hybridized carbons (Fsp3) is 0.588. The van der Waals surface area contributed by atoms with Gasteiger partial charge in [-0.05, 0) is 77.2 Å². The van der Waals surface area contributed by atoms with Crippen molar-refractivity contribution >= 4 is 28.7 Å². The van der Waals surface area contributed by atoms with Gasteiger partial charge in [0.2, 0.25) is 0 Å². The van der Waals surface area contributed by atoms with Gasteiger partial charge in [-0.3, -0.25) is 0 Å². The third kappa shape index (κ3) is 11.6. The second kappa shape index (κ2) is 17.6. The molecule has 1 aliphatic heterocycles. The van der Waals surface area contributed by atoms with Crippen LogP contribution >= 0.6 is 0 Å². The molecule has 2 N–H and O–H groups in total. The van der Waals surface area contributed by atoms with E-state index in [1.54, 1.807) is 39.0 Å². The number of methoxy groups -OCH3 is 1. The number of carbonyl (C=O) groups is 2. The number of esters is 1. The summed E-state index contributed by atoms with van der Waals surface area (Å²) in [5.41, 5.74) is 0.903. The van der Waals surface area contributed by atoms with Gasteiger partial charge in [-0.1, -0.05) is 17.2 Å². The first-order valence-corrected chi connectivity index (χ1v) is 16.5. The molecule has 1 aromatic carbocycles. The zero-order valence-corrected chi connectivity index (χ0v) is 29.1. The topological polar surface area (TPSA) is 134 Å². The van der Waals surface area contributed by atoms with Crippen LogP contribution in [0.25, 0.3) is 10.9 Å². The Hall–Kier alpha value is -4.33. The van der Waals surface area contributed by atoms with Gasteiger partial charge < -0.3 is 39.0 Å². The minimum Gasteiger partial charge on any atom is -0.464 e. The van der Waals surface area contributed by atoms with Crippen LogP contribution in [0.4, 0.5) is 23.7 Å². The van der Waals surface area contributed by atoms with Crippen LogP contribution in [-0.4, -0.2) is 115 Å². The van der Waals surface area contributed by atoms with Gasteiger partial charge in [0.05, 0.1) is 57.4 Å². The van der Waals surface area contributed by atoms with E-state index in [1.807, 2.05) is 6.07 Å². The van der Waals surface area contributed by atoms with Gasteiger partial charge in [-0.2, -0.15) is 13.2 Å². The number of carbonyl (C=O) groups excluding carboxylic acids is 2. The zero-order valence-electron chi connectivity index (χ0n) is 29.1. The number of amides is 1. The molecule has 13 nitrogen and oxygen atoms in total. The highest BCUT2D eigenvalue weighted by Gasteiger charge is 2.31.